The van der Waals surface area contributed by atoms with Gasteiger partial charge in [-0.3, -0.25) is 0 Å². The molecule has 122 valence electrons. The lowest BCUT2D eigenvalue weighted by Crippen LogP contribution is -2.15. The van der Waals surface area contributed by atoms with E-state index in [-0.39, 0.29) is 5.56 Å². The van der Waals surface area contributed by atoms with Crippen LogP contribution in [0.4, 0.5) is 0 Å². The summed E-state index contributed by atoms with van der Waals surface area (Å²) in [5.41, 5.74) is 3.13. The van der Waals surface area contributed by atoms with Crippen molar-refractivity contribution in [1.29, 1.82) is 0 Å². The number of carboxylic acids is 1. The Hall–Kier alpha value is -3.02. The Bertz CT molecular complexity index is 928. The summed E-state index contributed by atoms with van der Waals surface area (Å²) in [6.07, 6.45) is 0. The van der Waals surface area contributed by atoms with Crippen molar-refractivity contribution in [3.05, 3.63) is 53.3 Å². The molecule has 4 rings (SSSR count). The fourth-order valence-corrected chi connectivity index (χ4v) is 2.92. The molecule has 0 unspecified atom stereocenters. The second kappa shape index (κ2) is 5.56. The van der Waals surface area contributed by atoms with Gasteiger partial charge in [-0.1, -0.05) is 12.1 Å². The quantitative estimate of drug-likeness (QED) is 0.802. The van der Waals surface area contributed by atoms with E-state index in [1.165, 1.54) is 0 Å². The van der Waals surface area contributed by atoms with Crippen LogP contribution < -0.4 is 9.47 Å². The van der Waals surface area contributed by atoms with Gasteiger partial charge in [-0.2, -0.15) is 0 Å². The summed E-state index contributed by atoms with van der Waals surface area (Å²) < 4.78 is 13.3. The topological polar surface area (TPSA) is 73.6 Å². The number of aromatic carboxylic acids is 1. The summed E-state index contributed by atoms with van der Waals surface area (Å²) in [7, 11) is 0. The molecule has 0 saturated carbocycles. The van der Waals surface area contributed by atoms with Crippen molar-refractivity contribution < 1.29 is 19.4 Å². The number of benzene rings is 2. The van der Waals surface area contributed by atoms with Gasteiger partial charge in [0.2, 0.25) is 0 Å². The minimum Gasteiger partial charge on any atom is -0.486 e. The first-order valence-electron chi connectivity index (χ1n) is 7.70. The Kier molecular flexibility index (Phi) is 3.37. The van der Waals surface area contributed by atoms with Gasteiger partial charge < -0.3 is 19.1 Å². The molecule has 0 fully saturated rings. The lowest BCUT2D eigenvalue weighted by molar-refractivity contribution is 0.0697. The molecule has 2 aromatic carbocycles. The number of ether oxygens (including phenoxy) is 2. The molecular formula is C18H16N2O4. The fourth-order valence-electron chi connectivity index (χ4n) is 2.92. The van der Waals surface area contributed by atoms with Crippen LogP contribution in [0.3, 0.4) is 0 Å². The van der Waals surface area contributed by atoms with Crippen molar-refractivity contribution >= 4 is 17.0 Å². The molecule has 3 aromatic rings. The van der Waals surface area contributed by atoms with E-state index in [9.17, 15) is 4.79 Å². The minimum absolute atomic E-state index is 0.283. The highest BCUT2D eigenvalue weighted by Crippen LogP contribution is 2.34. The second-order valence-corrected chi connectivity index (χ2v) is 5.73. The molecule has 6 nitrogen and oxygen atoms in total. The second-order valence-electron chi connectivity index (χ2n) is 5.73. The maximum Gasteiger partial charge on any atom is 0.335 e. The van der Waals surface area contributed by atoms with Crippen molar-refractivity contribution in [1.82, 2.24) is 9.55 Å². The van der Waals surface area contributed by atoms with E-state index in [4.69, 9.17) is 14.6 Å². The molecule has 1 N–H and O–H groups in total. The molecule has 0 bridgehead atoms. The highest BCUT2D eigenvalue weighted by molar-refractivity contribution is 5.87. The summed E-state index contributed by atoms with van der Waals surface area (Å²) in [4.78, 5) is 15.6. The van der Waals surface area contributed by atoms with E-state index in [0.29, 0.717) is 19.8 Å². The van der Waals surface area contributed by atoms with E-state index in [0.717, 1.165) is 33.9 Å². The number of hydrogen-bond acceptors (Lipinski definition) is 4. The predicted octanol–water partition coefficient (Wildman–Crippen LogP) is 2.86. The summed E-state index contributed by atoms with van der Waals surface area (Å²) in [5.74, 6) is 1.42. The van der Waals surface area contributed by atoms with Crippen LogP contribution in [-0.4, -0.2) is 33.8 Å². The first kappa shape index (κ1) is 14.6. The molecular weight excluding hydrogens is 308 g/mol. The Morgan fingerprint density at radius 1 is 1.17 bits per heavy atom. The van der Waals surface area contributed by atoms with Crippen molar-refractivity contribution in [2.45, 2.75) is 13.5 Å². The lowest BCUT2D eigenvalue weighted by Gasteiger charge is -2.18. The Morgan fingerprint density at radius 2 is 1.83 bits per heavy atom. The number of fused-ring (bicyclic) bond motifs is 2. The lowest BCUT2D eigenvalue weighted by atomic mass is 10.1. The number of hydrogen-bond donors (Lipinski definition) is 1. The fraction of sp³-hybridized carbons (Fsp3) is 0.222. The molecule has 0 atom stereocenters. The Morgan fingerprint density at radius 3 is 2.50 bits per heavy atom. The molecule has 0 radical (unpaired) electrons. The number of nitrogens with zero attached hydrogens (tertiary/aromatic N) is 2. The standard InChI is InChI=1S/C18H16N2O4/c1-11-19-14-8-16-17(24-7-6-23-16)9-15(14)20(11)10-12-2-4-13(5-3-12)18(21)22/h2-5,8-9H,6-7,10H2,1H3,(H,21,22). The van der Waals surface area contributed by atoms with Crippen LogP contribution in [0.2, 0.25) is 0 Å². The third-order valence-electron chi connectivity index (χ3n) is 4.14. The molecule has 0 spiro atoms. The average Bonchev–Trinajstić information content (AvgIpc) is 2.88. The van der Waals surface area contributed by atoms with E-state index in [1.54, 1.807) is 12.1 Å². The van der Waals surface area contributed by atoms with Gasteiger partial charge in [0.25, 0.3) is 0 Å². The van der Waals surface area contributed by atoms with Gasteiger partial charge in [0.05, 0.1) is 16.6 Å². The van der Waals surface area contributed by atoms with Crippen LogP contribution in [0.25, 0.3) is 11.0 Å². The minimum atomic E-state index is -0.922. The Balaban J connectivity index is 1.73. The van der Waals surface area contributed by atoms with Gasteiger partial charge in [0.15, 0.2) is 11.5 Å². The Labute approximate surface area is 138 Å². The van der Waals surface area contributed by atoms with Gasteiger partial charge in [-0.05, 0) is 24.6 Å². The van der Waals surface area contributed by atoms with Crippen molar-refractivity contribution in [3.8, 4) is 11.5 Å². The summed E-state index contributed by atoms with van der Waals surface area (Å²) in [6, 6.07) is 10.7. The molecule has 0 amide bonds. The zero-order valence-corrected chi connectivity index (χ0v) is 13.2. The highest BCUT2D eigenvalue weighted by atomic mass is 16.6. The largest absolute Gasteiger partial charge is 0.486 e. The first-order valence-corrected chi connectivity index (χ1v) is 7.70. The van der Waals surface area contributed by atoms with Gasteiger partial charge in [0.1, 0.15) is 19.0 Å². The van der Waals surface area contributed by atoms with Crippen molar-refractivity contribution in [3.63, 3.8) is 0 Å². The maximum atomic E-state index is 11.0. The summed E-state index contributed by atoms with van der Waals surface area (Å²) in [5, 5.41) is 8.99. The average molecular weight is 324 g/mol. The molecule has 1 aliphatic rings. The smallest absolute Gasteiger partial charge is 0.335 e. The van der Waals surface area contributed by atoms with Gasteiger partial charge >= 0.3 is 5.97 Å². The number of rotatable bonds is 3. The molecule has 24 heavy (non-hydrogen) atoms. The number of carboxylic acid groups (broad SMARTS) is 1. The van der Waals surface area contributed by atoms with Crippen LogP contribution in [-0.2, 0) is 6.54 Å². The van der Waals surface area contributed by atoms with Crippen LogP contribution in [0.5, 0.6) is 11.5 Å². The SMILES string of the molecule is Cc1nc2cc3c(cc2n1Cc1ccc(C(=O)O)cc1)OCCO3. The number of aryl methyl sites for hydroxylation is 1. The monoisotopic (exact) mass is 324 g/mol. The maximum absolute atomic E-state index is 11.0. The van der Waals surface area contributed by atoms with E-state index in [1.807, 2.05) is 31.2 Å². The highest BCUT2D eigenvalue weighted by Gasteiger charge is 2.17. The molecule has 6 heteroatoms. The summed E-state index contributed by atoms with van der Waals surface area (Å²) >= 11 is 0. The van der Waals surface area contributed by atoms with E-state index < -0.39 is 5.97 Å². The third kappa shape index (κ3) is 2.46. The van der Waals surface area contributed by atoms with Crippen LogP contribution in [0, 0.1) is 6.92 Å². The number of carbonyl (C=O) groups is 1. The van der Waals surface area contributed by atoms with Crippen molar-refractivity contribution in [2.24, 2.45) is 0 Å². The molecule has 1 aromatic heterocycles. The molecule has 0 saturated heterocycles. The van der Waals surface area contributed by atoms with Crippen LogP contribution in [0.1, 0.15) is 21.7 Å². The normalized spacial score (nSPS) is 13.2. The first-order chi connectivity index (χ1) is 11.6. The van der Waals surface area contributed by atoms with Gasteiger partial charge in [0, 0.05) is 18.7 Å². The molecule has 1 aliphatic heterocycles. The van der Waals surface area contributed by atoms with Crippen LogP contribution >= 0.6 is 0 Å². The van der Waals surface area contributed by atoms with E-state index in [2.05, 4.69) is 9.55 Å². The zero-order valence-electron chi connectivity index (χ0n) is 13.2. The zero-order chi connectivity index (χ0) is 16.7. The van der Waals surface area contributed by atoms with Gasteiger partial charge in [-0.15, -0.1) is 0 Å². The molecule has 0 aliphatic carbocycles. The van der Waals surface area contributed by atoms with Gasteiger partial charge in [-0.25, -0.2) is 9.78 Å². The predicted molar refractivity (Wildman–Crippen MR) is 88.0 cm³/mol. The van der Waals surface area contributed by atoms with E-state index >= 15 is 0 Å². The van der Waals surface area contributed by atoms with Crippen LogP contribution in [0.15, 0.2) is 36.4 Å². The summed E-state index contributed by atoms with van der Waals surface area (Å²) in [6.45, 7) is 3.66. The number of imidazole rings is 1. The third-order valence-corrected chi connectivity index (χ3v) is 4.14. The van der Waals surface area contributed by atoms with Crippen molar-refractivity contribution in [2.75, 3.05) is 13.2 Å². The molecule has 2 heterocycles. The number of aromatic nitrogens is 2.